The fourth-order valence-electron chi connectivity index (χ4n) is 2.65. The van der Waals surface area contributed by atoms with Crippen molar-refractivity contribution in [3.8, 4) is 0 Å². The van der Waals surface area contributed by atoms with Crippen molar-refractivity contribution in [3.05, 3.63) is 17.2 Å². The third-order valence-electron chi connectivity index (χ3n) is 4.26. The van der Waals surface area contributed by atoms with E-state index in [0.717, 1.165) is 24.4 Å². The van der Waals surface area contributed by atoms with Crippen LogP contribution in [-0.2, 0) is 24.7 Å². The zero-order valence-corrected chi connectivity index (χ0v) is 11.6. The number of aromatic nitrogens is 2. The zero-order chi connectivity index (χ0) is 13.4. The number of hydrogen-bond donors (Lipinski definition) is 1. The Morgan fingerprint density at radius 3 is 2.67 bits per heavy atom. The van der Waals surface area contributed by atoms with Gasteiger partial charge >= 0.3 is 5.97 Å². The van der Waals surface area contributed by atoms with Crippen molar-refractivity contribution in [3.63, 3.8) is 0 Å². The van der Waals surface area contributed by atoms with Crippen LogP contribution in [0.2, 0.25) is 0 Å². The van der Waals surface area contributed by atoms with Crippen LogP contribution in [0.25, 0.3) is 0 Å². The molecule has 1 aromatic heterocycles. The Labute approximate surface area is 108 Å². The summed E-state index contributed by atoms with van der Waals surface area (Å²) in [6, 6.07) is 0. The zero-order valence-electron chi connectivity index (χ0n) is 11.6. The molecule has 2 rings (SSSR count). The van der Waals surface area contributed by atoms with Crippen molar-refractivity contribution in [1.29, 1.82) is 0 Å². The first-order valence-electron chi connectivity index (χ1n) is 6.69. The molecule has 0 amide bonds. The van der Waals surface area contributed by atoms with Gasteiger partial charge in [-0.05, 0) is 18.8 Å². The smallest absolute Gasteiger partial charge is 0.306 e. The lowest BCUT2D eigenvalue weighted by Gasteiger charge is -2.19. The van der Waals surface area contributed by atoms with Gasteiger partial charge in [0.1, 0.15) is 5.82 Å². The molecule has 4 nitrogen and oxygen atoms in total. The minimum absolute atomic E-state index is 0.255. The van der Waals surface area contributed by atoms with Gasteiger partial charge in [-0.1, -0.05) is 20.8 Å². The first kappa shape index (κ1) is 13.1. The van der Waals surface area contributed by atoms with Crippen molar-refractivity contribution >= 4 is 5.97 Å². The fraction of sp³-hybridized carbons (Fsp3) is 0.714. The van der Waals surface area contributed by atoms with Gasteiger partial charge in [0.25, 0.3) is 0 Å². The van der Waals surface area contributed by atoms with E-state index in [4.69, 9.17) is 10.1 Å². The van der Waals surface area contributed by atoms with Crippen LogP contribution in [0.3, 0.4) is 0 Å². The molecule has 0 saturated heterocycles. The van der Waals surface area contributed by atoms with Gasteiger partial charge in [0.15, 0.2) is 0 Å². The molecule has 0 spiro atoms. The highest BCUT2D eigenvalue weighted by Gasteiger charge is 2.29. The largest absolute Gasteiger partial charge is 0.481 e. The molecule has 1 heterocycles. The summed E-state index contributed by atoms with van der Waals surface area (Å²) in [6.07, 6.45) is 2.15. The summed E-state index contributed by atoms with van der Waals surface area (Å²) >= 11 is 0. The van der Waals surface area contributed by atoms with Gasteiger partial charge in [0.2, 0.25) is 0 Å². The maximum absolute atomic E-state index is 11.1. The Morgan fingerprint density at radius 2 is 2.11 bits per heavy atom. The summed E-state index contributed by atoms with van der Waals surface area (Å²) in [5.41, 5.74) is 2.23. The summed E-state index contributed by atoms with van der Waals surface area (Å²) in [7, 11) is 2.06. The molecule has 0 fully saturated rings. The summed E-state index contributed by atoms with van der Waals surface area (Å²) in [5, 5.41) is 9.10. The molecule has 100 valence electrons. The van der Waals surface area contributed by atoms with Crippen LogP contribution in [0, 0.1) is 11.8 Å². The Morgan fingerprint density at radius 1 is 1.44 bits per heavy atom. The average molecular weight is 250 g/mol. The van der Waals surface area contributed by atoms with Gasteiger partial charge in [0.05, 0.1) is 11.6 Å². The number of carbonyl (C=O) groups is 1. The highest BCUT2D eigenvalue weighted by atomic mass is 16.4. The molecule has 2 atom stereocenters. The molecule has 0 bridgehead atoms. The second-order valence-electron chi connectivity index (χ2n) is 5.73. The maximum Gasteiger partial charge on any atom is 0.306 e. The second kappa shape index (κ2) is 4.75. The van der Waals surface area contributed by atoms with Crippen molar-refractivity contribution in [2.24, 2.45) is 18.9 Å². The van der Waals surface area contributed by atoms with Gasteiger partial charge in [-0.3, -0.25) is 4.79 Å². The molecule has 0 aromatic carbocycles. The third kappa shape index (κ3) is 2.16. The number of imidazole rings is 1. The molecular formula is C14H22N2O2. The average Bonchev–Trinajstić information content (AvgIpc) is 2.65. The standard InChI is InChI=1S/C14H22N2O2/c1-8(2)9(3)13-15-11-7-10(14(17)18)5-6-12(11)16(13)4/h8-10H,5-7H2,1-4H3,(H,17,18). The summed E-state index contributed by atoms with van der Waals surface area (Å²) in [4.78, 5) is 15.8. The molecule has 1 N–H and O–H groups in total. The maximum atomic E-state index is 11.1. The lowest BCUT2D eigenvalue weighted by Crippen LogP contribution is -2.22. The van der Waals surface area contributed by atoms with Crippen molar-refractivity contribution in [2.75, 3.05) is 0 Å². The van der Waals surface area contributed by atoms with Gasteiger partial charge in [-0.15, -0.1) is 0 Å². The minimum atomic E-state index is -0.690. The first-order valence-corrected chi connectivity index (χ1v) is 6.69. The van der Waals surface area contributed by atoms with Crippen molar-refractivity contribution in [1.82, 2.24) is 9.55 Å². The minimum Gasteiger partial charge on any atom is -0.481 e. The molecule has 0 radical (unpaired) electrons. The number of aliphatic carboxylic acids is 1. The van der Waals surface area contributed by atoms with Gasteiger partial charge in [-0.25, -0.2) is 4.98 Å². The Bertz CT molecular complexity index is 463. The third-order valence-corrected chi connectivity index (χ3v) is 4.26. The van der Waals surface area contributed by atoms with Crippen molar-refractivity contribution in [2.45, 2.75) is 46.0 Å². The van der Waals surface area contributed by atoms with Crippen LogP contribution in [-0.4, -0.2) is 20.6 Å². The van der Waals surface area contributed by atoms with E-state index in [1.54, 1.807) is 0 Å². The topological polar surface area (TPSA) is 55.1 Å². The molecule has 4 heteroatoms. The monoisotopic (exact) mass is 250 g/mol. The van der Waals surface area contributed by atoms with Crippen LogP contribution in [0.4, 0.5) is 0 Å². The molecule has 1 aliphatic rings. The Hall–Kier alpha value is -1.32. The summed E-state index contributed by atoms with van der Waals surface area (Å²) in [5.74, 6) is 1.10. The molecule has 1 aromatic rings. The molecule has 2 unspecified atom stereocenters. The predicted octanol–water partition coefficient (Wildman–Crippen LogP) is 2.37. The van der Waals surface area contributed by atoms with Crippen LogP contribution >= 0.6 is 0 Å². The van der Waals surface area contributed by atoms with Gasteiger partial charge in [0, 0.05) is 25.1 Å². The van der Waals surface area contributed by atoms with Crippen LogP contribution in [0.5, 0.6) is 0 Å². The molecule has 0 saturated carbocycles. The Balaban J connectivity index is 2.31. The van der Waals surface area contributed by atoms with Crippen molar-refractivity contribution < 1.29 is 9.90 Å². The van der Waals surface area contributed by atoms with E-state index in [2.05, 4.69) is 32.4 Å². The van der Waals surface area contributed by atoms with E-state index in [1.165, 1.54) is 5.69 Å². The molecule has 18 heavy (non-hydrogen) atoms. The SMILES string of the molecule is CC(C)C(C)c1nc2c(n1C)CCC(C(=O)O)C2. The number of hydrogen-bond acceptors (Lipinski definition) is 2. The normalized spacial score (nSPS) is 20.8. The number of rotatable bonds is 3. The lowest BCUT2D eigenvalue weighted by molar-refractivity contribution is -0.142. The summed E-state index contributed by atoms with van der Waals surface area (Å²) in [6.45, 7) is 6.57. The van der Waals surface area contributed by atoms with E-state index >= 15 is 0 Å². The van der Waals surface area contributed by atoms with E-state index in [0.29, 0.717) is 18.3 Å². The van der Waals surface area contributed by atoms with E-state index < -0.39 is 5.97 Å². The van der Waals surface area contributed by atoms with Crippen LogP contribution in [0.1, 0.15) is 50.3 Å². The highest BCUT2D eigenvalue weighted by Crippen LogP contribution is 2.30. The quantitative estimate of drug-likeness (QED) is 0.896. The Kier molecular flexibility index (Phi) is 3.46. The van der Waals surface area contributed by atoms with E-state index in [1.807, 2.05) is 0 Å². The number of carboxylic acids is 1. The van der Waals surface area contributed by atoms with Gasteiger partial charge in [-0.2, -0.15) is 0 Å². The lowest BCUT2D eigenvalue weighted by atomic mass is 9.90. The number of fused-ring (bicyclic) bond motifs is 1. The second-order valence-corrected chi connectivity index (χ2v) is 5.73. The predicted molar refractivity (Wildman–Crippen MR) is 69.6 cm³/mol. The summed E-state index contributed by atoms with van der Waals surface area (Å²) < 4.78 is 2.18. The van der Waals surface area contributed by atoms with Gasteiger partial charge < -0.3 is 9.67 Å². The van der Waals surface area contributed by atoms with Crippen LogP contribution in [0.15, 0.2) is 0 Å². The fourth-order valence-corrected chi connectivity index (χ4v) is 2.65. The molecule has 1 aliphatic carbocycles. The molecular weight excluding hydrogens is 228 g/mol. The van der Waals surface area contributed by atoms with Crippen LogP contribution < -0.4 is 0 Å². The highest BCUT2D eigenvalue weighted by molar-refractivity contribution is 5.70. The number of nitrogens with zero attached hydrogens (tertiary/aromatic N) is 2. The number of carboxylic acid groups (broad SMARTS) is 1. The van der Waals surface area contributed by atoms with E-state index in [9.17, 15) is 4.79 Å². The van der Waals surface area contributed by atoms with E-state index in [-0.39, 0.29) is 5.92 Å². The molecule has 0 aliphatic heterocycles. The first-order chi connectivity index (χ1) is 8.41.